The van der Waals surface area contributed by atoms with E-state index in [1.165, 1.54) is 27.2 Å². The molecule has 0 saturated heterocycles. The van der Waals surface area contributed by atoms with E-state index >= 15 is 0 Å². The Morgan fingerprint density at radius 1 is 0.521 bits per heavy atom. The standard InChI is InChI=1S/C40H24BN7/c1-3-11-26(12-4-1)46-31-18-9-19-42-37(31)41-30-17-7-15-28-34-29-16-8-20-45-39(29)47(27-13-5-2-6-14-27)40(34)48(36(28)30)33-24-25(23-32(46)35(33)41)38-43-21-10-22-44-38/h1-24H. The van der Waals surface area contributed by atoms with Crippen molar-refractivity contribution < 1.29 is 0 Å². The van der Waals surface area contributed by atoms with Crippen LogP contribution in [0.2, 0.25) is 0 Å². The monoisotopic (exact) mass is 613 g/mol. The molecular weight excluding hydrogens is 589 g/mol. The molecule has 0 aliphatic carbocycles. The molecule has 5 aromatic heterocycles. The van der Waals surface area contributed by atoms with Crippen molar-refractivity contribution in [3.63, 3.8) is 0 Å². The zero-order chi connectivity index (χ0) is 31.3. The molecule has 0 radical (unpaired) electrons. The van der Waals surface area contributed by atoms with Crippen molar-refractivity contribution >= 4 is 73.3 Å². The third kappa shape index (κ3) is 3.28. The van der Waals surface area contributed by atoms with E-state index < -0.39 is 0 Å². The van der Waals surface area contributed by atoms with Crippen molar-refractivity contribution in [2.24, 2.45) is 0 Å². The Bertz CT molecular complexity index is 2740. The molecule has 0 saturated carbocycles. The minimum absolute atomic E-state index is 0.0679. The van der Waals surface area contributed by atoms with Gasteiger partial charge in [-0.15, -0.1) is 0 Å². The van der Waals surface area contributed by atoms with Gasteiger partial charge in [0, 0.05) is 74.9 Å². The van der Waals surface area contributed by atoms with Crippen LogP contribution in [0, 0.1) is 0 Å². The number of nitrogens with zero attached hydrogens (tertiary/aromatic N) is 7. The van der Waals surface area contributed by atoms with Crippen LogP contribution in [-0.2, 0) is 0 Å². The molecule has 11 rings (SSSR count). The number of aromatic nitrogens is 6. The maximum absolute atomic E-state index is 5.13. The summed E-state index contributed by atoms with van der Waals surface area (Å²) in [5, 5.41) is 3.51. The summed E-state index contributed by atoms with van der Waals surface area (Å²) >= 11 is 0. The summed E-state index contributed by atoms with van der Waals surface area (Å²) in [6.07, 6.45) is 7.43. The number of rotatable bonds is 3. The molecule has 9 aromatic rings. The topological polar surface area (TPSA) is 64.7 Å². The second-order valence-corrected chi connectivity index (χ2v) is 12.3. The minimum atomic E-state index is -0.0679. The Labute approximate surface area is 275 Å². The van der Waals surface area contributed by atoms with E-state index in [0.29, 0.717) is 5.82 Å². The van der Waals surface area contributed by atoms with Gasteiger partial charge in [0.25, 0.3) is 6.71 Å². The van der Waals surface area contributed by atoms with E-state index in [4.69, 9.17) is 19.9 Å². The first-order valence-electron chi connectivity index (χ1n) is 16.1. The van der Waals surface area contributed by atoms with Gasteiger partial charge >= 0.3 is 0 Å². The molecule has 0 amide bonds. The summed E-state index contributed by atoms with van der Waals surface area (Å²) in [5.74, 6) is 0.682. The van der Waals surface area contributed by atoms with Crippen molar-refractivity contribution in [1.82, 2.24) is 29.1 Å². The molecule has 222 valence electrons. The molecule has 0 atom stereocenters. The Balaban J connectivity index is 1.38. The fourth-order valence-electron chi connectivity index (χ4n) is 8.10. The molecule has 2 aliphatic rings. The molecule has 2 aliphatic heterocycles. The first kappa shape index (κ1) is 25.6. The Hall–Kier alpha value is -6.54. The van der Waals surface area contributed by atoms with Crippen molar-refractivity contribution in [2.45, 2.75) is 0 Å². The van der Waals surface area contributed by atoms with Crippen molar-refractivity contribution in [1.29, 1.82) is 0 Å². The predicted octanol–water partition coefficient (Wildman–Crippen LogP) is 6.59. The van der Waals surface area contributed by atoms with E-state index in [1.54, 1.807) is 0 Å². The molecule has 48 heavy (non-hydrogen) atoms. The van der Waals surface area contributed by atoms with Gasteiger partial charge in [-0.05, 0) is 77.7 Å². The average Bonchev–Trinajstić information content (AvgIpc) is 3.68. The van der Waals surface area contributed by atoms with Gasteiger partial charge in [0.05, 0.1) is 11.2 Å². The van der Waals surface area contributed by atoms with Gasteiger partial charge < -0.3 is 4.90 Å². The lowest BCUT2D eigenvalue weighted by Crippen LogP contribution is -2.61. The van der Waals surface area contributed by atoms with Crippen LogP contribution < -0.4 is 21.4 Å². The first-order valence-corrected chi connectivity index (χ1v) is 16.1. The van der Waals surface area contributed by atoms with Crippen LogP contribution in [0.5, 0.6) is 0 Å². The lowest BCUT2D eigenvalue weighted by Gasteiger charge is -2.39. The number of pyridine rings is 2. The van der Waals surface area contributed by atoms with Crippen molar-refractivity contribution in [2.75, 3.05) is 4.90 Å². The zero-order valence-electron chi connectivity index (χ0n) is 25.6. The number of fused-ring (bicyclic) bond motifs is 9. The highest BCUT2D eigenvalue weighted by Gasteiger charge is 2.44. The Kier molecular flexibility index (Phi) is 5.07. The van der Waals surface area contributed by atoms with E-state index in [9.17, 15) is 0 Å². The van der Waals surface area contributed by atoms with Gasteiger partial charge in [0.1, 0.15) is 11.3 Å². The fraction of sp³-hybridized carbons (Fsp3) is 0. The molecule has 7 nitrogen and oxygen atoms in total. The number of benzene rings is 4. The first-order chi connectivity index (χ1) is 23.9. The number of para-hydroxylation sites is 3. The molecule has 0 N–H and O–H groups in total. The van der Waals surface area contributed by atoms with Crippen LogP contribution in [-0.4, -0.2) is 35.8 Å². The SMILES string of the molecule is c1ccc(N2c3cccnc3B3c4c2cc(-c2ncccn2)cc4-n2c4c3cccc4c3c4cccnc4n(-c4ccccc4)c32)cc1. The van der Waals surface area contributed by atoms with Gasteiger partial charge in [-0.3, -0.25) is 14.1 Å². The number of hydrogen-bond donors (Lipinski definition) is 0. The summed E-state index contributed by atoms with van der Waals surface area (Å²) in [4.78, 5) is 21.9. The van der Waals surface area contributed by atoms with Gasteiger partial charge in [0.15, 0.2) is 5.82 Å². The lowest BCUT2D eigenvalue weighted by atomic mass is 9.35. The summed E-state index contributed by atoms with van der Waals surface area (Å²) in [6.45, 7) is -0.0679. The molecule has 0 bridgehead atoms. The van der Waals surface area contributed by atoms with Gasteiger partial charge in [0.2, 0.25) is 0 Å². The highest BCUT2D eigenvalue weighted by molar-refractivity contribution is 6.99. The second-order valence-electron chi connectivity index (χ2n) is 12.3. The average molecular weight is 613 g/mol. The summed E-state index contributed by atoms with van der Waals surface area (Å²) in [6, 6.07) is 42.7. The van der Waals surface area contributed by atoms with Gasteiger partial charge in [-0.1, -0.05) is 54.6 Å². The lowest BCUT2D eigenvalue weighted by molar-refractivity contribution is 1.05. The van der Waals surface area contributed by atoms with E-state index in [1.807, 2.05) is 43.0 Å². The second kappa shape index (κ2) is 9.50. The number of hydrogen-bond acceptors (Lipinski definition) is 5. The smallest absolute Gasteiger partial charge is 0.275 e. The van der Waals surface area contributed by atoms with Crippen LogP contribution in [0.1, 0.15) is 0 Å². The number of anilines is 3. The third-order valence-electron chi connectivity index (χ3n) is 9.88. The molecule has 0 fully saturated rings. The molecule has 7 heterocycles. The zero-order valence-corrected chi connectivity index (χ0v) is 25.6. The maximum Gasteiger partial charge on any atom is 0.275 e. The van der Waals surface area contributed by atoms with Crippen molar-refractivity contribution in [3.8, 4) is 22.8 Å². The maximum atomic E-state index is 5.13. The highest BCUT2D eigenvalue weighted by Crippen LogP contribution is 2.45. The fourth-order valence-corrected chi connectivity index (χ4v) is 8.10. The normalized spacial score (nSPS) is 12.9. The largest absolute Gasteiger partial charge is 0.310 e. The summed E-state index contributed by atoms with van der Waals surface area (Å²) < 4.78 is 4.78. The molecular formula is C40H24BN7. The van der Waals surface area contributed by atoms with Crippen LogP contribution >= 0.6 is 0 Å². The summed E-state index contributed by atoms with van der Waals surface area (Å²) in [7, 11) is 0. The van der Waals surface area contributed by atoms with Gasteiger partial charge in [-0.25, -0.2) is 15.0 Å². The Morgan fingerprint density at radius 3 is 2.06 bits per heavy atom. The summed E-state index contributed by atoms with van der Waals surface area (Å²) in [5.41, 5.74) is 13.0. The van der Waals surface area contributed by atoms with Crippen molar-refractivity contribution in [3.05, 3.63) is 146 Å². The molecule has 8 heteroatoms. The quantitative estimate of drug-likeness (QED) is 0.211. The third-order valence-corrected chi connectivity index (χ3v) is 9.88. The molecule has 0 unspecified atom stereocenters. The van der Waals surface area contributed by atoms with Crippen LogP contribution in [0.3, 0.4) is 0 Å². The van der Waals surface area contributed by atoms with E-state index in [-0.39, 0.29) is 6.71 Å². The molecule has 0 spiro atoms. The van der Waals surface area contributed by atoms with E-state index in [2.05, 4.69) is 117 Å². The van der Waals surface area contributed by atoms with E-state index in [0.717, 1.165) is 56.3 Å². The predicted molar refractivity (Wildman–Crippen MR) is 194 cm³/mol. The van der Waals surface area contributed by atoms with Crippen LogP contribution in [0.15, 0.2) is 146 Å². The minimum Gasteiger partial charge on any atom is -0.310 e. The van der Waals surface area contributed by atoms with Gasteiger partial charge in [-0.2, -0.15) is 0 Å². The van der Waals surface area contributed by atoms with Crippen LogP contribution in [0.25, 0.3) is 55.7 Å². The molecule has 4 aromatic carbocycles. The highest BCUT2D eigenvalue weighted by atomic mass is 15.2. The Morgan fingerprint density at radius 2 is 1.23 bits per heavy atom. The van der Waals surface area contributed by atoms with Crippen LogP contribution in [0.4, 0.5) is 17.1 Å².